The summed E-state index contributed by atoms with van der Waals surface area (Å²) in [6.45, 7) is 0.133. The van der Waals surface area contributed by atoms with Crippen LogP contribution in [0.2, 0.25) is 0 Å². The average Bonchev–Trinajstić information content (AvgIpc) is 3.55. The van der Waals surface area contributed by atoms with Crippen molar-refractivity contribution in [1.29, 1.82) is 0 Å². The number of carbonyl (C=O) groups is 1. The highest BCUT2D eigenvalue weighted by Crippen LogP contribution is 2.48. The van der Waals surface area contributed by atoms with Crippen LogP contribution in [0.5, 0.6) is 0 Å². The van der Waals surface area contributed by atoms with Crippen molar-refractivity contribution in [3.05, 3.63) is 98.8 Å². The highest BCUT2D eigenvalue weighted by molar-refractivity contribution is 7.99. The second-order valence-corrected chi connectivity index (χ2v) is 9.67. The van der Waals surface area contributed by atoms with E-state index in [2.05, 4.69) is 0 Å². The highest BCUT2D eigenvalue weighted by atomic mass is 32.2. The second kappa shape index (κ2) is 8.98. The van der Waals surface area contributed by atoms with Gasteiger partial charge in [0.1, 0.15) is 12.6 Å². The maximum atomic E-state index is 13.2. The molecule has 0 spiro atoms. The third kappa shape index (κ3) is 4.64. The maximum absolute atomic E-state index is 13.2. The number of hydrogen-bond donors (Lipinski definition) is 0. The summed E-state index contributed by atoms with van der Waals surface area (Å²) in [5.41, 5.74) is 2.07. The summed E-state index contributed by atoms with van der Waals surface area (Å²) in [5.74, 6) is 0.203. The molecule has 0 unspecified atom stereocenters. The van der Waals surface area contributed by atoms with Crippen molar-refractivity contribution in [3.8, 4) is 0 Å². The van der Waals surface area contributed by atoms with Gasteiger partial charge in [0.2, 0.25) is 0 Å². The first kappa shape index (κ1) is 22.8. The fraction of sp³-hybridized carbons (Fsp3) is 0.308. The van der Waals surface area contributed by atoms with Crippen LogP contribution >= 0.6 is 11.8 Å². The van der Waals surface area contributed by atoms with E-state index in [0.717, 1.165) is 46.7 Å². The second-order valence-electron chi connectivity index (χ2n) is 8.67. The molecule has 8 heteroatoms. The zero-order valence-corrected chi connectivity index (χ0v) is 19.0. The molecule has 0 N–H and O–H groups in total. The van der Waals surface area contributed by atoms with Gasteiger partial charge in [-0.05, 0) is 53.5 Å². The van der Waals surface area contributed by atoms with E-state index >= 15 is 0 Å². The lowest BCUT2D eigenvalue weighted by molar-refractivity contribution is -0.148. The lowest BCUT2D eigenvalue weighted by atomic mass is 9.97. The van der Waals surface area contributed by atoms with Gasteiger partial charge in [-0.15, -0.1) is 11.8 Å². The Bertz CT molecular complexity index is 1280. The van der Waals surface area contributed by atoms with Gasteiger partial charge < -0.3 is 4.74 Å². The normalized spacial score (nSPS) is 17.4. The third-order valence-corrected chi connectivity index (χ3v) is 7.32. The molecule has 0 radical (unpaired) electrons. The molecule has 1 aliphatic carbocycles. The summed E-state index contributed by atoms with van der Waals surface area (Å²) in [5, 5.41) is 0.749. The monoisotopic (exact) mass is 485 g/mol. The molecule has 1 aromatic heterocycles. The fourth-order valence-electron chi connectivity index (χ4n) is 4.37. The quantitative estimate of drug-likeness (QED) is 0.419. The van der Waals surface area contributed by atoms with Crippen molar-refractivity contribution in [2.24, 2.45) is 0 Å². The Balaban J connectivity index is 1.43. The molecule has 2 aliphatic rings. The minimum Gasteiger partial charge on any atom is -0.459 e. The largest absolute Gasteiger partial charge is 0.459 e. The number of esters is 1. The number of aromatic nitrogens is 1. The minimum absolute atomic E-state index is 0.133. The molecule has 1 saturated carbocycles. The molecule has 0 saturated heterocycles. The lowest BCUT2D eigenvalue weighted by Gasteiger charge is -2.18. The molecule has 5 rings (SSSR count). The molecule has 2 heterocycles. The van der Waals surface area contributed by atoms with E-state index in [1.807, 2.05) is 30.3 Å². The topological polar surface area (TPSA) is 48.3 Å². The van der Waals surface area contributed by atoms with Gasteiger partial charge in [-0.2, -0.15) is 13.2 Å². The molecular weight excluding hydrogens is 463 g/mol. The van der Waals surface area contributed by atoms with Gasteiger partial charge in [0, 0.05) is 11.8 Å². The van der Waals surface area contributed by atoms with Crippen LogP contribution in [0.3, 0.4) is 0 Å². The lowest BCUT2D eigenvalue weighted by Crippen LogP contribution is -2.30. The molecule has 1 fully saturated rings. The van der Waals surface area contributed by atoms with Crippen LogP contribution in [0.4, 0.5) is 13.2 Å². The Kier molecular flexibility index (Phi) is 6.02. The SMILES string of the molecule is O=C(OCc1ccccc1)[C@@H]1CSc2c(C3CC3)c(Cc3cccc(C(F)(F)F)c3)cc(=O)n21. The van der Waals surface area contributed by atoms with E-state index in [4.69, 9.17) is 4.74 Å². The molecule has 4 nitrogen and oxygen atoms in total. The van der Waals surface area contributed by atoms with Crippen LogP contribution in [0.1, 0.15) is 52.6 Å². The zero-order valence-electron chi connectivity index (χ0n) is 18.2. The highest BCUT2D eigenvalue weighted by Gasteiger charge is 2.38. The van der Waals surface area contributed by atoms with Crippen LogP contribution in [0.25, 0.3) is 0 Å². The van der Waals surface area contributed by atoms with Gasteiger partial charge in [-0.25, -0.2) is 4.79 Å². The molecule has 0 amide bonds. The molecule has 1 atom stereocenters. The van der Waals surface area contributed by atoms with E-state index in [1.165, 1.54) is 28.5 Å². The predicted octanol–water partition coefficient (Wildman–Crippen LogP) is 5.73. The third-order valence-electron chi connectivity index (χ3n) is 6.15. The number of rotatable bonds is 6. The van der Waals surface area contributed by atoms with Crippen molar-refractivity contribution >= 4 is 17.7 Å². The van der Waals surface area contributed by atoms with E-state index in [9.17, 15) is 22.8 Å². The van der Waals surface area contributed by atoms with Gasteiger partial charge in [0.25, 0.3) is 5.56 Å². The standard InChI is InChI=1S/C26H22F3NO3S/c27-26(28,29)20-8-4-7-17(12-20)11-19-13-22(31)30-21(15-34-24(30)23(19)18-9-10-18)25(32)33-14-16-5-2-1-3-6-16/h1-8,12-13,18,21H,9-11,14-15H2/t21-/m0/s1. The molecule has 3 aromatic rings. The summed E-state index contributed by atoms with van der Waals surface area (Å²) in [6.07, 6.45) is -2.26. The van der Waals surface area contributed by atoms with E-state index in [-0.39, 0.29) is 24.5 Å². The summed E-state index contributed by atoms with van der Waals surface area (Å²) in [7, 11) is 0. The van der Waals surface area contributed by atoms with Crippen molar-refractivity contribution in [2.45, 2.75) is 49.0 Å². The predicted molar refractivity (Wildman–Crippen MR) is 123 cm³/mol. The number of fused-ring (bicyclic) bond motifs is 1. The van der Waals surface area contributed by atoms with Crippen LogP contribution in [-0.2, 0) is 28.7 Å². The van der Waals surface area contributed by atoms with E-state index in [0.29, 0.717) is 11.3 Å². The number of ether oxygens (including phenoxy) is 1. The van der Waals surface area contributed by atoms with Gasteiger partial charge in [-0.1, -0.05) is 48.5 Å². The average molecular weight is 486 g/mol. The molecule has 2 aromatic carbocycles. The van der Waals surface area contributed by atoms with Gasteiger partial charge in [0.15, 0.2) is 0 Å². The fourth-order valence-corrected chi connectivity index (χ4v) is 5.78. The number of carbonyl (C=O) groups excluding carboxylic acids is 1. The van der Waals surface area contributed by atoms with Crippen molar-refractivity contribution < 1.29 is 22.7 Å². The first-order valence-corrected chi connectivity index (χ1v) is 12.1. The number of thioether (sulfide) groups is 1. The number of benzene rings is 2. The van der Waals surface area contributed by atoms with Crippen LogP contribution in [0, 0.1) is 0 Å². The molecule has 0 bridgehead atoms. The molecule has 34 heavy (non-hydrogen) atoms. The van der Waals surface area contributed by atoms with Crippen molar-refractivity contribution in [2.75, 3.05) is 5.75 Å². The number of pyridine rings is 1. The number of hydrogen-bond acceptors (Lipinski definition) is 4. The Hall–Kier alpha value is -3.00. The van der Waals surface area contributed by atoms with E-state index < -0.39 is 23.8 Å². The summed E-state index contributed by atoms with van der Waals surface area (Å²) in [6, 6.07) is 15.3. The van der Waals surface area contributed by atoms with E-state index in [1.54, 1.807) is 6.07 Å². The summed E-state index contributed by atoms with van der Waals surface area (Å²) < 4.78 is 46.5. The summed E-state index contributed by atoms with van der Waals surface area (Å²) >= 11 is 1.45. The van der Waals surface area contributed by atoms with Crippen LogP contribution < -0.4 is 5.56 Å². The zero-order chi connectivity index (χ0) is 23.9. The Morgan fingerprint density at radius 2 is 1.76 bits per heavy atom. The van der Waals surface area contributed by atoms with Gasteiger partial charge in [-0.3, -0.25) is 9.36 Å². The maximum Gasteiger partial charge on any atom is 0.416 e. The number of nitrogens with zero attached hydrogens (tertiary/aromatic N) is 1. The Morgan fingerprint density at radius 1 is 1.03 bits per heavy atom. The van der Waals surface area contributed by atoms with Crippen molar-refractivity contribution in [1.82, 2.24) is 4.57 Å². The number of alkyl halides is 3. The summed E-state index contributed by atoms with van der Waals surface area (Å²) in [4.78, 5) is 25.9. The minimum atomic E-state index is -4.42. The van der Waals surface area contributed by atoms with Crippen molar-refractivity contribution in [3.63, 3.8) is 0 Å². The molecule has 176 valence electrons. The Morgan fingerprint density at radius 3 is 2.47 bits per heavy atom. The molecular formula is C26H22F3NO3S. The number of halogens is 3. The molecule has 1 aliphatic heterocycles. The first-order chi connectivity index (χ1) is 16.3. The van der Waals surface area contributed by atoms with Gasteiger partial charge >= 0.3 is 12.1 Å². The van der Waals surface area contributed by atoms with Gasteiger partial charge in [0.05, 0.1) is 10.6 Å². The smallest absolute Gasteiger partial charge is 0.416 e. The first-order valence-electron chi connectivity index (χ1n) is 11.1. The van der Waals surface area contributed by atoms with Crippen LogP contribution in [0.15, 0.2) is 70.5 Å². The van der Waals surface area contributed by atoms with Crippen LogP contribution in [-0.4, -0.2) is 16.3 Å². The Labute approximate surface area is 198 Å².